The van der Waals surface area contributed by atoms with Gasteiger partial charge in [0.25, 0.3) is 5.91 Å². The van der Waals surface area contributed by atoms with Crippen molar-refractivity contribution < 1.29 is 24.2 Å². The van der Waals surface area contributed by atoms with Crippen molar-refractivity contribution in [1.82, 2.24) is 5.01 Å². The van der Waals surface area contributed by atoms with Gasteiger partial charge in [-0.3, -0.25) is 14.4 Å². The Morgan fingerprint density at radius 3 is 2.33 bits per heavy atom. The molecule has 45 heavy (non-hydrogen) atoms. The molecule has 1 aliphatic heterocycles. The summed E-state index contributed by atoms with van der Waals surface area (Å²) in [7, 11) is 0. The minimum absolute atomic E-state index is 0.0767. The Morgan fingerprint density at radius 2 is 1.69 bits per heavy atom. The fourth-order valence-corrected chi connectivity index (χ4v) is 6.35. The second kappa shape index (κ2) is 13.9. The molecular formula is C36H40ClN3O5. The largest absolute Gasteiger partial charge is 0.481 e. The smallest absolute Gasteiger partial charge is 0.307 e. The fraction of sp³-hybridized carbons (Fsp3) is 0.389. The molecule has 0 saturated heterocycles. The van der Waals surface area contributed by atoms with Crippen LogP contribution < -0.4 is 5.32 Å². The molecule has 1 aliphatic carbocycles. The van der Waals surface area contributed by atoms with Crippen molar-refractivity contribution >= 4 is 41.0 Å². The first-order valence-electron chi connectivity index (χ1n) is 15.5. The minimum atomic E-state index is -0.853. The number of carboxylic acids is 1. The van der Waals surface area contributed by atoms with E-state index < -0.39 is 17.3 Å². The Bertz CT molecular complexity index is 1560. The number of hydrazone groups is 1. The second-order valence-corrected chi connectivity index (χ2v) is 13.4. The van der Waals surface area contributed by atoms with E-state index in [2.05, 4.69) is 10.4 Å². The van der Waals surface area contributed by atoms with Crippen LogP contribution in [0.5, 0.6) is 0 Å². The number of halogens is 1. The van der Waals surface area contributed by atoms with Gasteiger partial charge in [-0.05, 0) is 71.6 Å². The van der Waals surface area contributed by atoms with E-state index in [0.29, 0.717) is 23.0 Å². The van der Waals surface area contributed by atoms with Crippen LogP contribution in [0, 0.1) is 17.3 Å². The van der Waals surface area contributed by atoms with Crippen LogP contribution in [-0.4, -0.2) is 40.4 Å². The van der Waals surface area contributed by atoms with E-state index in [-0.39, 0.29) is 36.8 Å². The number of nitrogens with zero attached hydrogens (tertiary/aromatic N) is 2. The van der Waals surface area contributed by atoms with E-state index in [0.717, 1.165) is 47.9 Å². The third kappa shape index (κ3) is 7.92. The van der Waals surface area contributed by atoms with Crippen LogP contribution in [-0.2, 0) is 32.1 Å². The van der Waals surface area contributed by atoms with Gasteiger partial charge in [-0.2, -0.15) is 0 Å². The van der Waals surface area contributed by atoms with Crippen molar-refractivity contribution in [2.45, 2.75) is 65.3 Å². The van der Waals surface area contributed by atoms with E-state index in [1.807, 2.05) is 81.4 Å². The van der Waals surface area contributed by atoms with Crippen molar-refractivity contribution in [1.29, 1.82) is 0 Å². The minimum Gasteiger partial charge on any atom is -0.481 e. The first-order valence-corrected chi connectivity index (χ1v) is 15.9. The number of rotatable bonds is 10. The lowest BCUT2D eigenvalue weighted by Crippen LogP contribution is -2.36. The van der Waals surface area contributed by atoms with Gasteiger partial charge in [0, 0.05) is 5.56 Å². The fourth-order valence-electron chi connectivity index (χ4n) is 6.18. The number of ether oxygens (including phenoxy) is 1. The third-order valence-electron chi connectivity index (χ3n) is 8.75. The molecule has 2 amide bonds. The highest BCUT2D eigenvalue weighted by Gasteiger charge is 2.34. The summed E-state index contributed by atoms with van der Waals surface area (Å²) in [6.07, 6.45) is 4.40. The summed E-state index contributed by atoms with van der Waals surface area (Å²) in [6.45, 7) is 5.95. The molecule has 0 aromatic heterocycles. The molecular weight excluding hydrogens is 590 g/mol. The van der Waals surface area contributed by atoms with Gasteiger partial charge >= 0.3 is 5.97 Å². The number of aliphatic carboxylic acids is 1. The van der Waals surface area contributed by atoms with Crippen LogP contribution in [0.4, 0.5) is 5.69 Å². The molecule has 1 fully saturated rings. The van der Waals surface area contributed by atoms with Crippen molar-refractivity contribution in [2.75, 3.05) is 11.9 Å². The van der Waals surface area contributed by atoms with E-state index in [4.69, 9.17) is 16.3 Å². The summed E-state index contributed by atoms with van der Waals surface area (Å²) in [5.74, 6) is -1.59. The standard InChI is InChI=1S/C36H40ClN3O5/c1-36(2,3)28(35(43)44)19-24-15-18-29(37)30(20-24)38-33(42)32(25-9-7-8-10-25)26-16-13-23(14-17-26)21-40-31(41)22-45-34(39-40)27-11-5-4-6-12-27/h4-6,11-18,20,25,28,32H,7-10,19,21-22H2,1-3H3,(H,38,42)(H,43,44). The number of carbonyl (C=O) groups excluding carboxylic acids is 2. The quantitative estimate of drug-likeness (QED) is 0.245. The van der Waals surface area contributed by atoms with Crippen molar-refractivity contribution in [3.05, 3.63) is 100 Å². The van der Waals surface area contributed by atoms with Crippen LogP contribution in [0.2, 0.25) is 5.02 Å². The van der Waals surface area contributed by atoms with Gasteiger partial charge in [0.1, 0.15) is 0 Å². The number of hydrogen-bond acceptors (Lipinski definition) is 5. The molecule has 9 heteroatoms. The zero-order valence-electron chi connectivity index (χ0n) is 26.0. The lowest BCUT2D eigenvalue weighted by Gasteiger charge is -2.27. The lowest BCUT2D eigenvalue weighted by molar-refractivity contribution is -0.145. The Morgan fingerprint density at radius 1 is 1.02 bits per heavy atom. The molecule has 1 saturated carbocycles. The summed E-state index contributed by atoms with van der Waals surface area (Å²) in [5.41, 5.74) is 3.44. The first kappa shape index (κ1) is 32.2. The number of nitrogens with one attached hydrogen (secondary N) is 1. The topological polar surface area (TPSA) is 108 Å². The summed E-state index contributed by atoms with van der Waals surface area (Å²) >= 11 is 6.53. The predicted molar refractivity (Wildman–Crippen MR) is 175 cm³/mol. The van der Waals surface area contributed by atoms with E-state index in [1.165, 1.54) is 5.01 Å². The number of carbonyl (C=O) groups is 3. The molecule has 0 radical (unpaired) electrons. The van der Waals surface area contributed by atoms with Crippen LogP contribution in [0.25, 0.3) is 0 Å². The van der Waals surface area contributed by atoms with E-state index in [1.54, 1.807) is 12.1 Å². The van der Waals surface area contributed by atoms with Crippen LogP contribution in [0.15, 0.2) is 77.9 Å². The molecule has 3 aromatic rings. The zero-order chi connectivity index (χ0) is 32.1. The number of hydrogen-bond donors (Lipinski definition) is 2. The van der Waals surface area contributed by atoms with Gasteiger partial charge in [0.05, 0.1) is 29.1 Å². The van der Waals surface area contributed by atoms with Gasteiger partial charge in [-0.25, -0.2) is 5.01 Å². The SMILES string of the molecule is CC(C)(C)C(Cc1ccc(Cl)c(NC(=O)C(c2ccc(CN3N=C(c4ccccc4)OCC3=O)cc2)C2CCCC2)c1)C(=O)O. The van der Waals surface area contributed by atoms with Crippen LogP contribution >= 0.6 is 11.6 Å². The summed E-state index contributed by atoms with van der Waals surface area (Å²) in [4.78, 5) is 38.5. The number of anilines is 1. The zero-order valence-corrected chi connectivity index (χ0v) is 26.7. The average Bonchev–Trinajstić information content (AvgIpc) is 3.53. The highest BCUT2D eigenvalue weighted by molar-refractivity contribution is 6.33. The average molecular weight is 630 g/mol. The van der Waals surface area contributed by atoms with Gasteiger partial charge < -0.3 is 15.2 Å². The van der Waals surface area contributed by atoms with Crippen molar-refractivity contribution in [3.63, 3.8) is 0 Å². The molecule has 2 atom stereocenters. The molecule has 8 nitrogen and oxygen atoms in total. The third-order valence-corrected chi connectivity index (χ3v) is 9.08. The van der Waals surface area contributed by atoms with Gasteiger partial charge in [0.15, 0.2) is 6.61 Å². The molecule has 0 bridgehead atoms. The van der Waals surface area contributed by atoms with Gasteiger partial charge in [-0.15, -0.1) is 5.10 Å². The van der Waals surface area contributed by atoms with Crippen LogP contribution in [0.1, 0.15) is 74.6 Å². The molecule has 2 unspecified atom stereocenters. The normalized spacial score (nSPS) is 16.9. The summed E-state index contributed by atoms with van der Waals surface area (Å²) < 4.78 is 5.57. The number of benzene rings is 3. The Kier molecular flexibility index (Phi) is 9.93. The van der Waals surface area contributed by atoms with Gasteiger partial charge in [-0.1, -0.05) is 93.7 Å². The van der Waals surface area contributed by atoms with Crippen molar-refractivity contribution in [2.24, 2.45) is 22.4 Å². The maximum Gasteiger partial charge on any atom is 0.307 e. The molecule has 2 aliphatic rings. The Labute approximate surface area is 269 Å². The summed E-state index contributed by atoms with van der Waals surface area (Å²) in [6, 6.07) is 22.6. The van der Waals surface area contributed by atoms with Crippen molar-refractivity contribution in [3.8, 4) is 0 Å². The molecule has 1 heterocycles. The highest BCUT2D eigenvalue weighted by atomic mass is 35.5. The van der Waals surface area contributed by atoms with E-state index in [9.17, 15) is 19.5 Å². The summed E-state index contributed by atoms with van der Waals surface area (Å²) in [5, 5.41) is 19.2. The second-order valence-electron chi connectivity index (χ2n) is 13.0. The molecule has 0 spiro atoms. The highest BCUT2D eigenvalue weighted by Crippen LogP contribution is 2.39. The molecule has 5 rings (SSSR count). The Hall–Kier alpha value is -4.17. The maximum absolute atomic E-state index is 13.9. The number of amides is 2. The Balaban J connectivity index is 1.34. The first-order chi connectivity index (χ1) is 21.5. The molecule has 2 N–H and O–H groups in total. The molecule has 3 aromatic carbocycles. The van der Waals surface area contributed by atoms with Crippen LogP contribution in [0.3, 0.4) is 0 Å². The monoisotopic (exact) mass is 629 g/mol. The van der Waals surface area contributed by atoms with E-state index >= 15 is 0 Å². The lowest BCUT2D eigenvalue weighted by atomic mass is 9.77. The van der Waals surface area contributed by atoms with Gasteiger partial charge in [0.2, 0.25) is 11.8 Å². The maximum atomic E-state index is 13.9. The predicted octanol–water partition coefficient (Wildman–Crippen LogP) is 7.26. The molecule has 236 valence electrons. The number of carboxylic acid groups (broad SMARTS) is 1.